The second-order valence-electron chi connectivity index (χ2n) is 10.2. The smallest absolute Gasteiger partial charge is 0.259 e. The van der Waals surface area contributed by atoms with Crippen molar-refractivity contribution in [1.82, 2.24) is 24.5 Å². The maximum atomic E-state index is 14.0. The number of aromatic nitrogens is 5. The van der Waals surface area contributed by atoms with Crippen molar-refractivity contribution in [3.63, 3.8) is 0 Å². The lowest BCUT2D eigenvalue weighted by molar-refractivity contribution is 0.334. The van der Waals surface area contributed by atoms with E-state index in [1.165, 1.54) is 19.3 Å². The number of rotatable bonds is 5. The summed E-state index contributed by atoms with van der Waals surface area (Å²) in [6, 6.07) is 8.55. The highest BCUT2D eigenvalue weighted by Gasteiger charge is 2.25. The van der Waals surface area contributed by atoms with Crippen molar-refractivity contribution in [2.75, 3.05) is 11.9 Å². The summed E-state index contributed by atoms with van der Waals surface area (Å²) in [4.78, 5) is 32.3. The van der Waals surface area contributed by atoms with E-state index < -0.39 is 0 Å². The van der Waals surface area contributed by atoms with Crippen LogP contribution in [0.4, 0.5) is 5.82 Å². The van der Waals surface area contributed by atoms with Gasteiger partial charge in [-0.3, -0.25) is 4.79 Å². The molecule has 0 spiro atoms. The first-order valence-electron chi connectivity index (χ1n) is 12.4. The van der Waals surface area contributed by atoms with Gasteiger partial charge in [0.15, 0.2) is 11.5 Å². The summed E-state index contributed by atoms with van der Waals surface area (Å²) in [5.74, 6) is 2.21. The lowest BCUT2D eigenvalue weighted by Gasteiger charge is -2.27. The summed E-state index contributed by atoms with van der Waals surface area (Å²) in [5.41, 5.74) is 3.67. The quantitative estimate of drug-likeness (QED) is 0.406. The van der Waals surface area contributed by atoms with Gasteiger partial charge in [0.2, 0.25) is 0 Å². The van der Waals surface area contributed by atoms with Crippen molar-refractivity contribution in [1.29, 1.82) is 0 Å². The van der Waals surface area contributed by atoms with Crippen molar-refractivity contribution in [3.8, 4) is 0 Å². The Balaban J connectivity index is 1.59. The molecule has 3 aromatic heterocycles. The fraction of sp³-hybridized carbons (Fsp3) is 0.481. The average molecular weight is 459 g/mol. The molecule has 2 unspecified atom stereocenters. The van der Waals surface area contributed by atoms with E-state index in [0.717, 1.165) is 52.1 Å². The van der Waals surface area contributed by atoms with Gasteiger partial charge in [-0.25, -0.2) is 15.0 Å². The largest absolute Gasteiger partial charge is 0.352 e. The van der Waals surface area contributed by atoms with Crippen LogP contribution in [0.25, 0.3) is 21.9 Å². The van der Waals surface area contributed by atoms with Gasteiger partial charge in [0.25, 0.3) is 5.56 Å². The average Bonchev–Trinajstić information content (AvgIpc) is 3.16. The van der Waals surface area contributed by atoms with E-state index in [-0.39, 0.29) is 11.6 Å². The van der Waals surface area contributed by atoms with Crippen LogP contribution in [0.1, 0.15) is 63.3 Å². The standard InChI is InChI=1S/C27H34N6O/c1-17(2)19-8-6-10-21(12-11-19)33-22(13-20-9-5-7-18(3)23(20)27(33)34)14-32(4)26-24-25(29-15-28-24)30-16-31-26/h5,7,9,13,15-17,19,21H,6,8,10-12,14H2,1-4H3,(H,28,29,30,31). The van der Waals surface area contributed by atoms with Gasteiger partial charge in [0.1, 0.15) is 11.8 Å². The van der Waals surface area contributed by atoms with Crippen LogP contribution in [0.2, 0.25) is 0 Å². The number of nitrogens with zero attached hydrogens (tertiary/aromatic N) is 5. The molecular weight excluding hydrogens is 424 g/mol. The van der Waals surface area contributed by atoms with Gasteiger partial charge in [-0.15, -0.1) is 0 Å². The van der Waals surface area contributed by atoms with Crippen LogP contribution < -0.4 is 10.5 Å². The van der Waals surface area contributed by atoms with Gasteiger partial charge < -0.3 is 14.5 Å². The van der Waals surface area contributed by atoms with Crippen molar-refractivity contribution in [2.45, 2.75) is 65.5 Å². The Morgan fingerprint density at radius 3 is 2.82 bits per heavy atom. The van der Waals surface area contributed by atoms with Crippen LogP contribution in [0.3, 0.4) is 0 Å². The molecule has 178 valence electrons. The maximum absolute atomic E-state index is 14.0. The number of H-pyrrole nitrogens is 1. The first-order valence-corrected chi connectivity index (χ1v) is 12.4. The highest BCUT2D eigenvalue weighted by atomic mass is 16.1. The van der Waals surface area contributed by atoms with Crippen LogP contribution in [0, 0.1) is 18.8 Å². The number of pyridine rings is 1. The first kappa shape index (κ1) is 22.6. The summed E-state index contributed by atoms with van der Waals surface area (Å²) >= 11 is 0. The number of anilines is 1. The molecule has 4 aromatic rings. The number of hydrogen-bond acceptors (Lipinski definition) is 5. The van der Waals surface area contributed by atoms with Gasteiger partial charge in [0, 0.05) is 18.8 Å². The number of benzene rings is 1. The maximum Gasteiger partial charge on any atom is 0.259 e. The van der Waals surface area contributed by atoms with Crippen molar-refractivity contribution in [3.05, 3.63) is 58.5 Å². The molecule has 0 amide bonds. The van der Waals surface area contributed by atoms with E-state index >= 15 is 0 Å². The zero-order valence-electron chi connectivity index (χ0n) is 20.6. The monoisotopic (exact) mass is 458 g/mol. The molecule has 1 aliphatic carbocycles. The van der Waals surface area contributed by atoms with E-state index in [1.54, 1.807) is 12.7 Å². The predicted molar refractivity (Wildman–Crippen MR) is 137 cm³/mol. The lowest BCUT2D eigenvalue weighted by atomic mass is 9.89. The molecule has 1 aliphatic rings. The minimum absolute atomic E-state index is 0.140. The highest BCUT2D eigenvalue weighted by Crippen LogP contribution is 2.35. The topological polar surface area (TPSA) is 79.7 Å². The summed E-state index contributed by atoms with van der Waals surface area (Å²) in [6.45, 7) is 7.27. The zero-order chi connectivity index (χ0) is 23.8. The second kappa shape index (κ2) is 9.20. The molecule has 1 fully saturated rings. The molecule has 0 radical (unpaired) electrons. The van der Waals surface area contributed by atoms with Crippen LogP contribution >= 0.6 is 0 Å². The third kappa shape index (κ3) is 4.08. The minimum atomic E-state index is 0.140. The van der Waals surface area contributed by atoms with Gasteiger partial charge in [0.05, 0.1) is 18.3 Å². The molecule has 1 N–H and O–H groups in total. The molecule has 7 nitrogen and oxygen atoms in total. The van der Waals surface area contributed by atoms with Crippen molar-refractivity contribution >= 4 is 27.8 Å². The molecule has 5 rings (SSSR count). The number of hydrogen-bond donors (Lipinski definition) is 1. The van der Waals surface area contributed by atoms with Crippen LogP contribution in [-0.2, 0) is 6.54 Å². The first-order chi connectivity index (χ1) is 16.4. The fourth-order valence-electron chi connectivity index (χ4n) is 5.72. The summed E-state index contributed by atoms with van der Waals surface area (Å²) < 4.78 is 2.11. The number of nitrogens with one attached hydrogen (secondary N) is 1. The summed E-state index contributed by atoms with van der Waals surface area (Å²) in [6.07, 6.45) is 8.89. The Kier molecular flexibility index (Phi) is 6.11. The molecule has 1 saturated carbocycles. The van der Waals surface area contributed by atoms with Gasteiger partial charge in [-0.1, -0.05) is 44.9 Å². The SMILES string of the molecule is Cc1cccc2cc(CN(C)c3ncnc4nc[nH]c34)n(C3CCCC(C(C)C)CC3)c(=O)c12. The molecule has 0 aliphatic heterocycles. The third-order valence-electron chi connectivity index (χ3n) is 7.62. The summed E-state index contributed by atoms with van der Waals surface area (Å²) in [5, 5.41) is 1.85. The Bertz CT molecular complexity index is 1370. The molecular formula is C27H34N6O. The Morgan fingerprint density at radius 1 is 1.15 bits per heavy atom. The van der Waals surface area contributed by atoms with E-state index in [9.17, 15) is 4.79 Å². The van der Waals surface area contributed by atoms with Crippen molar-refractivity contribution in [2.24, 2.45) is 11.8 Å². The van der Waals surface area contributed by atoms with Gasteiger partial charge >= 0.3 is 0 Å². The molecule has 0 saturated heterocycles. The Morgan fingerprint density at radius 2 is 2.00 bits per heavy atom. The molecule has 1 aromatic carbocycles. The Labute approximate surface area is 200 Å². The Hall–Kier alpha value is -3.22. The van der Waals surface area contributed by atoms with E-state index in [0.29, 0.717) is 18.1 Å². The van der Waals surface area contributed by atoms with Crippen LogP contribution in [-0.4, -0.2) is 31.6 Å². The van der Waals surface area contributed by atoms with Gasteiger partial charge in [-0.05, 0) is 55.0 Å². The van der Waals surface area contributed by atoms with Crippen LogP contribution in [0.5, 0.6) is 0 Å². The number of fused-ring (bicyclic) bond motifs is 2. The minimum Gasteiger partial charge on any atom is -0.352 e. The highest BCUT2D eigenvalue weighted by molar-refractivity contribution is 5.85. The third-order valence-corrected chi connectivity index (χ3v) is 7.62. The fourth-order valence-corrected chi connectivity index (χ4v) is 5.72. The molecule has 2 atom stereocenters. The van der Waals surface area contributed by atoms with E-state index in [4.69, 9.17) is 0 Å². The molecule has 0 bridgehead atoms. The second-order valence-corrected chi connectivity index (χ2v) is 10.2. The molecule has 3 heterocycles. The van der Waals surface area contributed by atoms with E-state index in [2.05, 4.69) is 55.4 Å². The van der Waals surface area contributed by atoms with Crippen molar-refractivity contribution < 1.29 is 0 Å². The summed E-state index contributed by atoms with van der Waals surface area (Å²) in [7, 11) is 2.01. The van der Waals surface area contributed by atoms with Crippen LogP contribution in [0.15, 0.2) is 41.7 Å². The predicted octanol–water partition coefficient (Wildman–Crippen LogP) is 5.39. The number of aryl methyl sites for hydroxylation is 1. The lowest BCUT2D eigenvalue weighted by Crippen LogP contribution is -2.31. The normalized spacial score (nSPS) is 19.1. The zero-order valence-corrected chi connectivity index (χ0v) is 20.6. The molecule has 34 heavy (non-hydrogen) atoms. The van der Waals surface area contributed by atoms with E-state index in [1.807, 2.05) is 26.1 Å². The number of aromatic amines is 1. The molecule has 7 heteroatoms. The van der Waals surface area contributed by atoms with Gasteiger partial charge in [-0.2, -0.15) is 0 Å². The number of imidazole rings is 1.